The quantitative estimate of drug-likeness (QED) is 0.430. The molecule has 2 N–H and O–H groups in total. The number of halogens is 2. The van der Waals surface area contributed by atoms with Crippen LogP contribution in [0.4, 0.5) is 0 Å². The molecule has 0 unspecified atom stereocenters. The number of aromatic hydroxyl groups is 2. The van der Waals surface area contributed by atoms with E-state index in [9.17, 15) is 5.11 Å². The van der Waals surface area contributed by atoms with Gasteiger partial charge < -0.3 is 10.2 Å². The molecule has 0 radical (unpaired) electrons. The molecule has 0 saturated carbocycles. The molecule has 0 heterocycles. The fraction of sp³-hybridized carbons (Fsp3) is 0.571. The summed E-state index contributed by atoms with van der Waals surface area (Å²) >= 11 is 12.0. The van der Waals surface area contributed by atoms with E-state index < -0.39 is 0 Å². The number of para-hydroxylation sites is 1. The zero-order valence-electron chi connectivity index (χ0n) is 21.1. The van der Waals surface area contributed by atoms with Crippen molar-refractivity contribution in [3.05, 3.63) is 59.7 Å². The number of benzene rings is 2. The largest absolute Gasteiger partial charge is 0.508 e. The topological polar surface area (TPSA) is 40.5 Å². The lowest BCUT2D eigenvalue weighted by Gasteiger charge is -2.41. The Balaban J connectivity index is 0.000000261. The normalized spacial score (nSPS) is 16.6. The number of hydrogen-bond donors (Lipinski definition) is 2. The first-order chi connectivity index (χ1) is 14.4. The van der Waals surface area contributed by atoms with Crippen LogP contribution in [-0.4, -0.2) is 20.0 Å². The maximum atomic E-state index is 9.59. The lowest BCUT2D eigenvalue weighted by molar-refractivity contribution is 0.329. The summed E-state index contributed by atoms with van der Waals surface area (Å²) in [6, 6.07) is 14.5. The first-order valence-corrected chi connectivity index (χ1v) is 12.1. The van der Waals surface area contributed by atoms with E-state index >= 15 is 0 Å². The van der Waals surface area contributed by atoms with E-state index in [1.165, 1.54) is 24.0 Å². The standard InChI is InChI=1S/C14H20O.C8H16Cl2.C6H6O/c1-13(2)7-8-14(3,4)12-9-10(15)5-6-11(12)13;1-7(2,9)5-6-8(3,4)10;7-6-4-2-1-3-5-6/h5-6,9,15H,7-8H2,1-4H3;5-6H2,1-4H3;1-5,7H. The Bertz CT molecular complexity index is 815. The van der Waals surface area contributed by atoms with Crippen LogP contribution in [0.2, 0.25) is 0 Å². The molecule has 0 aliphatic heterocycles. The fourth-order valence-electron chi connectivity index (χ4n) is 3.60. The second kappa shape index (κ2) is 11.2. The summed E-state index contributed by atoms with van der Waals surface area (Å²) in [5, 5.41) is 18.2. The molecule has 0 saturated heterocycles. The predicted octanol–water partition coefficient (Wildman–Crippen LogP) is 8.93. The van der Waals surface area contributed by atoms with Crippen LogP contribution in [0.15, 0.2) is 48.5 Å². The molecular weight excluding hydrogens is 439 g/mol. The number of rotatable bonds is 3. The van der Waals surface area contributed by atoms with Crippen LogP contribution in [0, 0.1) is 0 Å². The second-order valence-electron chi connectivity index (χ2n) is 11.3. The Morgan fingerprint density at radius 2 is 1.12 bits per heavy atom. The summed E-state index contributed by atoms with van der Waals surface area (Å²) in [6.45, 7) is 17.2. The highest BCUT2D eigenvalue weighted by molar-refractivity contribution is 6.24. The van der Waals surface area contributed by atoms with Crippen molar-refractivity contribution in [1.82, 2.24) is 0 Å². The first-order valence-electron chi connectivity index (χ1n) is 11.4. The van der Waals surface area contributed by atoms with Crippen LogP contribution in [0.1, 0.15) is 92.2 Å². The summed E-state index contributed by atoms with van der Waals surface area (Å²) in [5.74, 6) is 0.710. The molecule has 4 heteroatoms. The summed E-state index contributed by atoms with van der Waals surface area (Å²) in [4.78, 5) is -0.210. The average Bonchev–Trinajstić information content (AvgIpc) is 2.65. The molecule has 0 fully saturated rings. The lowest BCUT2D eigenvalue weighted by atomic mass is 9.63. The maximum Gasteiger partial charge on any atom is 0.115 e. The zero-order chi connectivity index (χ0) is 24.8. The molecular formula is C28H42Cl2O2. The Morgan fingerprint density at radius 1 is 0.688 bits per heavy atom. The molecule has 2 aromatic carbocycles. The van der Waals surface area contributed by atoms with Crippen LogP contribution >= 0.6 is 23.2 Å². The molecule has 0 bridgehead atoms. The molecule has 1 aliphatic carbocycles. The van der Waals surface area contributed by atoms with Gasteiger partial charge in [-0.1, -0.05) is 52.0 Å². The van der Waals surface area contributed by atoms with E-state index in [-0.39, 0.29) is 20.6 Å². The SMILES string of the molecule is CC(C)(Cl)CCC(C)(C)Cl.CC1(C)CCC(C)(C)c2cc(O)ccc21.Oc1ccccc1. The number of phenols is 2. The molecule has 2 aromatic rings. The Hall–Kier alpha value is -1.38. The molecule has 32 heavy (non-hydrogen) atoms. The third kappa shape index (κ3) is 10.5. The van der Waals surface area contributed by atoms with Crippen LogP contribution < -0.4 is 0 Å². The van der Waals surface area contributed by atoms with Crippen molar-refractivity contribution in [3.8, 4) is 11.5 Å². The van der Waals surface area contributed by atoms with Gasteiger partial charge in [-0.05, 0) is 99.6 Å². The molecule has 0 amide bonds. The van der Waals surface area contributed by atoms with Crippen molar-refractivity contribution in [2.24, 2.45) is 0 Å². The van der Waals surface area contributed by atoms with E-state index in [1.54, 1.807) is 24.3 Å². The summed E-state index contributed by atoms with van der Waals surface area (Å²) in [6.07, 6.45) is 4.34. The van der Waals surface area contributed by atoms with Crippen LogP contribution in [0.3, 0.4) is 0 Å². The first kappa shape index (κ1) is 28.7. The van der Waals surface area contributed by atoms with E-state index in [2.05, 4.69) is 33.8 Å². The molecule has 0 spiro atoms. The average molecular weight is 482 g/mol. The summed E-state index contributed by atoms with van der Waals surface area (Å²) < 4.78 is 0. The third-order valence-electron chi connectivity index (χ3n) is 5.91. The number of alkyl halides is 2. The molecule has 3 rings (SSSR count). The van der Waals surface area contributed by atoms with E-state index in [0.717, 1.165) is 12.8 Å². The van der Waals surface area contributed by atoms with Crippen LogP contribution in [-0.2, 0) is 10.8 Å². The molecule has 0 aromatic heterocycles. The zero-order valence-corrected chi connectivity index (χ0v) is 22.6. The van der Waals surface area contributed by atoms with Crippen molar-refractivity contribution < 1.29 is 10.2 Å². The second-order valence-corrected chi connectivity index (χ2v) is 13.3. The van der Waals surface area contributed by atoms with E-state index in [1.807, 2.05) is 45.9 Å². The molecule has 2 nitrogen and oxygen atoms in total. The molecule has 180 valence electrons. The Morgan fingerprint density at radius 3 is 1.50 bits per heavy atom. The number of hydrogen-bond acceptors (Lipinski definition) is 2. The summed E-state index contributed by atoms with van der Waals surface area (Å²) in [7, 11) is 0. The van der Waals surface area contributed by atoms with Gasteiger partial charge in [0.15, 0.2) is 0 Å². The van der Waals surface area contributed by atoms with Gasteiger partial charge in [-0.2, -0.15) is 0 Å². The third-order valence-corrected chi connectivity index (χ3v) is 6.28. The molecule has 0 atom stereocenters. The Labute approximate surface area is 206 Å². The lowest BCUT2D eigenvalue weighted by Crippen LogP contribution is -2.33. The summed E-state index contributed by atoms with van der Waals surface area (Å²) in [5.41, 5.74) is 3.16. The van der Waals surface area contributed by atoms with Crippen LogP contribution in [0.5, 0.6) is 11.5 Å². The highest BCUT2D eigenvalue weighted by atomic mass is 35.5. The highest BCUT2D eigenvalue weighted by Gasteiger charge is 2.36. The van der Waals surface area contributed by atoms with Crippen molar-refractivity contribution in [1.29, 1.82) is 0 Å². The predicted molar refractivity (Wildman–Crippen MR) is 141 cm³/mol. The fourth-order valence-corrected chi connectivity index (χ4v) is 3.79. The van der Waals surface area contributed by atoms with Crippen molar-refractivity contribution in [2.75, 3.05) is 0 Å². The minimum absolute atomic E-state index is 0.105. The van der Waals surface area contributed by atoms with Gasteiger partial charge in [-0.3, -0.25) is 0 Å². The van der Waals surface area contributed by atoms with E-state index in [0.29, 0.717) is 11.5 Å². The smallest absolute Gasteiger partial charge is 0.115 e. The minimum atomic E-state index is -0.105. The highest BCUT2D eigenvalue weighted by Crippen LogP contribution is 2.46. The number of phenolic OH excluding ortho intramolecular Hbond substituents is 2. The van der Waals surface area contributed by atoms with Gasteiger partial charge in [-0.25, -0.2) is 0 Å². The van der Waals surface area contributed by atoms with Crippen molar-refractivity contribution >= 4 is 23.2 Å². The van der Waals surface area contributed by atoms with Gasteiger partial charge in [0.05, 0.1) is 0 Å². The maximum absolute atomic E-state index is 9.59. The van der Waals surface area contributed by atoms with Gasteiger partial charge >= 0.3 is 0 Å². The molecule has 1 aliphatic rings. The van der Waals surface area contributed by atoms with Crippen molar-refractivity contribution in [2.45, 2.75) is 102 Å². The van der Waals surface area contributed by atoms with Crippen molar-refractivity contribution in [3.63, 3.8) is 0 Å². The minimum Gasteiger partial charge on any atom is -0.508 e. The number of fused-ring (bicyclic) bond motifs is 1. The monoisotopic (exact) mass is 480 g/mol. The van der Waals surface area contributed by atoms with Gasteiger partial charge in [0.2, 0.25) is 0 Å². The van der Waals surface area contributed by atoms with E-state index in [4.69, 9.17) is 28.3 Å². The Kier molecular flexibility index (Phi) is 10.00. The van der Waals surface area contributed by atoms with Crippen LogP contribution in [0.25, 0.3) is 0 Å². The van der Waals surface area contributed by atoms with Gasteiger partial charge in [-0.15, -0.1) is 23.2 Å². The van der Waals surface area contributed by atoms with Gasteiger partial charge in [0.1, 0.15) is 11.5 Å². The van der Waals surface area contributed by atoms with Gasteiger partial charge in [0, 0.05) is 9.75 Å². The van der Waals surface area contributed by atoms with Gasteiger partial charge in [0.25, 0.3) is 0 Å².